The summed E-state index contributed by atoms with van der Waals surface area (Å²) in [6.07, 6.45) is 9.30. The number of carbonyl (C=O) groups excluding carboxylic acids is 9. The zero-order valence-corrected chi connectivity index (χ0v) is 82.1. The number of amides is 9. The molecule has 4 aliphatic carbocycles. The van der Waals surface area contributed by atoms with Gasteiger partial charge < -0.3 is 90.4 Å². The quantitative estimate of drug-likeness (QED) is 0.00888. The maximum Gasteiger partial charge on any atom is 0.499 e. The van der Waals surface area contributed by atoms with Gasteiger partial charge in [-0.3, -0.25) is 48.2 Å². The van der Waals surface area contributed by atoms with Gasteiger partial charge >= 0.3 is 37.3 Å². The third kappa shape index (κ3) is 29.6. The van der Waals surface area contributed by atoms with Crippen molar-refractivity contribution in [1.82, 2.24) is 60.4 Å². The number of hydrogen-bond acceptors (Lipinski definition) is 30. The molecule has 2 unspecified atom stereocenters. The van der Waals surface area contributed by atoms with Crippen LogP contribution in [0, 0.1) is 45.8 Å². The van der Waals surface area contributed by atoms with E-state index in [2.05, 4.69) is 79.5 Å². The fraction of sp³-hybridized carbons (Fsp3) is 0.517. The van der Waals surface area contributed by atoms with Crippen molar-refractivity contribution in [2.24, 2.45) is 51.6 Å². The van der Waals surface area contributed by atoms with E-state index < -0.39 is 173 Å². The largest absolute Gasteiger partial charge is 0.499 e. The third-order valence-electron chi connectivity index (χ3n) is 22.7. The maximum absolute atomic E-state index is 14.1. The molecule has 0 spiro atoms. The first-order chi connectivity index (χ1) is 62.0. The molecule has 38 nitrogen and oxygen atoms in total. The summed E-state index contributed by atoms with van der Waals surface area (Å²) in [6.45, 7) is 24.7. The van der Waals surface area contributed by atoms with Gasteiger partial charge in [0.25, 0.3) is 11.8 Å². The molecule has 12 N–H and O–H groups in total. The second kappa shape index (κ2) is 46.2. The molecule has 9 amide bonds. The van der Waals surface area contributed by atoms with Crippen LogP contribution in [0.1, 0.15) is 120 Å². The molecule has 0 radical (unpaired) electrons. The molecule has 7 aliphatic rings. The predicted molar refractivity (Wildman–Crippen MR) is 502 cm³/mol. The average molecular weight is 2030 g/mol. The van der Waals surface area contributed by atoms with Gasteiger partial charge in [-0.15, -0.1) is 48.2 Å². The number of nitrogens with two attached hydrogens (primary N) is 1. The van der Waals surface area contributed by atoms with Crippen molar-refractivity contribution in [3.8, 4) is 38.4 Å². The van der Waals surface area contributed by atoms with E-state index in [4.69, 9.17) is 34.7 Å². The molecule has 3 aliphatic heterocycles. The number of carboxylic acids is 2. The molecule has 9 heterocycles. The second-order valence-corrected chi connectivity index (χ2v) is 43.7. The van der Waals surface area contributed by atoms with E-state index in [1.165, 1.54) is 53.4 Å². The van der Waals surface area contributed by atoms with Crippen LogP contribution >= 0.6 is 62.3 Å². The van der Waals surface area contributed by atoms with Crippen LogP contribution in [0.5, 0.6) is 17.2 Å². The maximum atomic E-state index is 14.1. The molecule has 0 aromatic carbocycles. The number of halogens is 2. The number of methoxy groups -OCH3 is 3. The Bertz CT molecular complexity index is 5330. The number of aliphatic carboxylic acids is 2. The van der Waals surface area contributed by atoms with Gasteiger partial charge in [0.2, 0.25) is 43.7 Å². The minimum atomic E-state index is -3.86. The van der Waals surface area contributed by atoms with E-state index >= 15 is 0 Å². The molecule has 7 fully saturated rings. The highest BCUT2D eigenvalue weighted by atomic mass is 79.9. The highest BCUT2D eigenvalue weighted by Gasteiger charge is 2.63. The Morgan fingerprint density at radius 1 is 0.541 bits per heavy atom. The lowest BCUT2D eigenvalue weighted by Gasteiger charge is -2.35. The van der Waals surface area contributed by atoms with Crippen LogP contribution in [-0.4, -0.2) is 258 Å². The van der Waals surface area contributed by atoms with Gasteiger partial charge in [0, 0.05) is 90.8 Å². The summed E-state index contributed by atoms with van der Waals surface area (Å²) >= 11 is 7.73. The summed E-state index contributed by atoms with van der Waals surface area (Å²) in [4.78, 5) is 158. The topological polar surface area (TPSA) is 539 Å². The van der Waals surface area contributed by atoms with Gasteiger partial charge in [0.1, 0.15) is 69.2 Å². The van der Waals surface area contributed by atoms with Crippen molar-refractivity contribution >= 4 is 160 Å². The number of likely N-dealkylation sites (tertiary alicyclic amines) is 3. The number of alkyl carbamates (subject to hydrolysis) is 3. The van der Waals surface area contributed by atoms with Gasteiger partial charge in [0.15, 0.2) is 0 Å². The van der Waals surface area contributed by atoms with Crippen LogP contribution in [-0.2, 0) is 72.6 Å². The lowest BCUT2D eigenvalue weighted by Crippen LogP contribution is -2.60. The third-order valence-corrected chi connectivity index (χ3v) is 29.5. The van der Waals surface area contributed by atoms with Gasteiger partial charge in [-0.1, -0.05) is 98.7 Å². The molecule has 726 valence electrons. The van der Waals surface area contributed by atoms with E-state index in [1.807, 2.05) is 51.9 Å². The molecule has 13 atom stereocenters. The first-order valence-corrected chi connectivity index (χ1v) is 48.8. The molecule has 13 rings (SSSR count). The second-order valence-electron chi connectivity index (χ2n) is 36.1. The Balaban J connectivity index is 0.000000223. The number of rotatable bonds is 30. The van der Waals surface area contributed by atoms with Crippen LogP contribution in [0.15, 0.2) is 137 Å². The summed E-state index contributed by atoms with van der Waals surface area (Å²) in [5, 5.41) is 51.5. The SMILES string of the molecule is C=CC1C[C@]1(N)C(=O)NS(=O)(=O)C1CC1.C=CC1C[C@]1(NC(=O)[C@@H]1C[C@@H](COc2ccnc(-c3cccs3)c2)CN1C(=O)[C@@H](NC(=O)OC)C(C)(C)C)C(=O)NS(=O)(=O)C1CC1.COC(=O)N[C@H](C(=O)N1C[C@H](COc2ccnc(-c3cccs3)c2)C[C@H]1C(=O)O)C(C)(C)C.COC(=O)N[C@H](C(=O)N1C[C@H](COc2ccnc(Br)c2)C[C@H]1C(=O)O)C(C)(C)C.Cl.OB(O)c1cccs1. The Hall–Kier alpha value is -10.4. The van der Waals surface area contributed by atoms with E-state index in [-0.39, 0.29) is 101 Å². The number of carboxylic acid groups (broad SMARTS) is 2. The molecule has 46 heteroatoms. The van der Waals surface area contributed by atoms with E-state index in [0.29, 0.717) is 58.7 Å². The van der Waals surface area contributed by atoms with E-state index in [1.54, 1.807) is 151 Å². The smallest absolute Gasteiger partial charge is 0.493 e. The normalized spacial score (nSPS) is 22.2. The number of pyridine rings is 3. The first-order valence-electron chi connectivity index (χ1n) is 42.3. The summed E-state index contributed by atoms with van der Waals surface area (Å²) < 4.78 is 85.3. The first kappa shape index (κ1) is 108. The number of nitrogens with one attached hydrogen (secondary N) is 6. The van der Waals surface area contributed by atoms with Crippen molar-refractivity contribution in [2.75, 3.05) is 60.8 Å². The summed E-state index contributed by atoms with van der Waals surface area (Å²) in [5.41, 5.74) is 2.70. The summed E-state index contributed by atoms with van der Waals surface area (Å²) in [7, 11) is -5.02. The minimum absolute atomic E-state index is 0. The number of sulfonamides is 2. The van der Waals surface area contributed by atoms with Crippen molar-refractivity contribution in [3.63, 3.8) is 0 Å². The van der Waals surface area contributed by atoms with Crippen LogP contribution in [0.3, 0.4) is 0 Å². The Kier molecular flexibility index (Phi) is 37.5. The number of hydrogen-bond donors (Lipinski definition) is 11. The lowest BCUT2D eigenvalue weighted by molar-refractivity contribution is -0.150. The van der Waals surface area contributed by atoms with Crippen LogP contribution < -0.4 is 55.4 Å². The number of aromatic nitrogens is 3. The number of thiophene rings is 3. The van der Waals surface area contributed by atoms with Crippen molar-refractivity contribution in [3.05, 3.63) is 137 Å². The molecule has 6 aromatic rings. The van der Waals surface area contributed by atoms with Crippen molar-refractivity contribution in [1.29, 1.82) is 0 Å². The molecule has 3 saturated heterocycles. The standard InChI is InChI=1S/C32H41N5O8S2.C23H29N3O6S.C19H26BrN3O6.C9H14N2O3S.C4H5BO2S.ClH/c1-6-20-16-32(20,29(40)36-47(42,43)22-9-10-22)35-27(38)24-14-19(17-37(24)28(39)26(31(2,3)4)34-30(41)44-5)18-45-21-11-12-33-23(15-21)25-8-7-13-46-25;1-23(2,3)19(25-22(30)31-4)20(27)26-12-14(10-17(26)21(28)29)13-32-15-7-8-24-16(11-15)18-6-5-9-33-18;1-19(2,3)15(22-18(27)28-4)16(24)23-9-11(7-13(23)17(25)26)10-29-12-5-6-21-14(20)8-12;1-2-6-5-9(6,10)8(12)11-15(13,14)7-3-4-7;6-5(7)4-2-1-3-8-4;/h6-8,11-13,15,19-20,22,24,26H,1,9-10,14,16-18H2,2-5H3,(H,34,41)(H,35,38)(H,36,40);5-9,11,14,17,19H,10,12-13H2,1-4H3,(H,25,30)(H,28,29);5-6,8,11,13,15H,7,9-10H2,1-4H3,(H,22,27)(H,25,26);2,6-7H,1,3-5,10H2,(H,11,12);1-3,6-7H;1H/t19-,20?,24+,26-,32-;14-,17+,19-;11-,13+,15-;6?,9-;;/m1111../s1. The van der Waals surface area contributed by atoms with Crippen molar-refractivity contribution < 1.29 is 118 Å². The van der Waals surface area contributed by atoms with Gasteiger partial charge in [-0.2, -0.15) is 11.3 Å². The van der Waals surface area contributed by atoms with Gasteiger partial charge in [0.05, 0.1) is 72.8 Å². The fourth-order valence-corrected chi connectivity index (χ4v) is 19.9. The van der Waals surface area contributed by atoms with Crippen LogP contribution in [0.25, 0.3) is 21.1 Å². The zero-order chi connectivity index (χ0) is 97.3. The number of ether oxygens (including phenoxy) is 6. The molecule has 0 bridgehead atoms. The molecule has 133 heavy (non-hydrogen) atoms. The Labute approximate surface area is 799 Å². The van der Waals surface area contributed by atoms with E-state index in [9.17, 15) is 79.8 Å². The fourth-order valence-electron chi connectivity index (χ4n) is 14.8. The molecule has 4 saturated carbocycles. The molecular formula is C87H116BBrClN13O25S5. The minimum Gasteiger partial charge on any atom is -0.493 e. The summed E-state index contributed by atoms with van der Waals surface area (Å²) in [5.74, 6) is -5.02. The highest BCUT2D eigenvalue weighted by Crippen LogP contribution is 2.47. The predicted octanol–water partition coefficient (Wildman–Crippen LogP) is 7.75. The monoisotopic (exact) mass is 2030 g/mol. The number of nitrogens with zero attached hydrogens (tertiary/aromatic N) is 6. The zero-order valence-electron chi connectivity index (χ0n) is 75.6. The van der Waals surface area contributed by atoms with Gasteiger partial charge in [-0.25, -0.2) is 45.8 Å². The molecular weight excluding hydrogens is 1910 g/mol. The Morgan fingerprint density at radius 2 is 0.902 bits per heavy atom. The van der Waals surface area contributed by atoms with Crippen molar-refractivity contribution in [2.45, 2.75) is 178 Å². The van der Waals surface area contributed by atoms with Gasteiger partial charge in [-0.05, 0) is 136 Å². The lowest BCUT2D eigenvalue weighted by atomic mass is 9.85. The number of carbonyl (C=O) groups is 11. The van der Waals surface area contributed by atoms with Crippen LogP contribution in [0.4, 0.5) is 14.4 Å². The van der Waals surface area contributed by atoms with Crippen LogP contribution in [0.2, 0.25) is 0 Å². The Morgan fingerprint density at radius 3 is 1.21 bits per heavy atom. The summed E-state index contributed by atoms with van der Waals surface area (Å²) in [6, 6.07) is 15.9. The highest BCUT2D eigenvalue weighted by molar-refractivity contribution is 9.10. The average Bonchev–Trinajstić information content (AvgIpc) is 1.57. The molecule has 6 aromatic heterocycles. The van der Waals surface area contributed by atoms with E-state index in [0.717, 1.165) is 21.1 Å².